The molecular weight excluding hydrogens is 530 g/mol. The topological polar surface area (TPSA) is 55.9 Å². The number of rotatable bonds is 4. The lowest BCUT2D eigenvalue weighted by Gasteiger charge is -2.29. The maximum absolute atomic E-state index is 4.33. The van der Waals surface area contributed by atoms with E-state index in [4.69, 9.17) is 0 Å². The molecule has 1 fully saturated rings. The molecule has 8 heteroatoms. The summed E-state index contributed by atoms with van der Waals surface area (Å²) in [5.74, 6) is 0. The van der Waals surface area contributed by atoms with Crippen molar-refractivity contribution in [1.29, 1.82) is 0 Å². The Labute approximate surface area is 168 Å². The molecule has 1 aliphatic rings. The first-order valence-corrected chi connectivity index (χ1v) is 9.70. The van der Waals surface area contributed by atoms with E-state index in [-0.39, 0.29) is 0 Å². The average molecular weight is 546 g/mol. The van der Waals surface area contributed by atoms with E-state index in [1.807, 2.05) is 58.5 Å². The Morgan fingerprint density at radius 3 is 1.38 bits per heavy atom. The van der Waals surface area contributed by atoms with Crippen molar-refractivity contribution in [3.05, 3.63) is 55.7 Å². The largest absolute Gasteiger partial charge is 0.275 e. The number of hydrogen-bond donors (Lipinski definition) is 0. The number of benzene rings is 2. The molecule has 2 aromatic carbocycles. The molecule has 0 aromatic heterocycles. The maximum Gasteiger partial charge on any atom is 0.101 e. The number of halogens is 2. The molecule has 0 unspecified atom stereocenters. The Hall–Kier alpha value is -1.30. The fraction of sp³-hybridized carbons (Fsp3) is 0.250. The second kappa shape index (κ2) is 8.70. The van der Waals surface area contributed by atoms with Gasteiger partial charge in [-0.1, -0.05) is 34.7 Å². The van der Waals surface area contributed by atoms with Crippen LogP contribution in [-0.2, 0) is 0 Å². The summed E-state index contributed by atoms with van der Waals surface area (Å²) in [6, 6.07) is 15.9. The van der Waals surface area contributed by atoms with Gasteiger partial charge in [0.1, 0.15) is 11.4 Å². The van der Waals surface area contributed by atoms with Gasteiger partial charge in [-0.15, -0.1) is 10.2 Å². The van der Waals surface area contributed by atoms with Gasteiger partial charge in [0.15, 0.2) is 0 Å². The van der Waals surface area contributed by atoms with Crippen molar-refractivity contribution >= 4 is 56.6 Å². The van der Waals surface area contributed by atoms with Gasteiger partial charge < -0.3 is 0 Å². The van der Waals surface area contributed by atoms with Gasteiger partial charge in [0.25, 0.3) is 0 Å². The zero-order valence-electron chi connectivity index (χ0n) is 12.9. The lowest BCUT2D eigenvalue weighted by Crippen LogP contribution is -2.40. The van der Waals surface area contributed by atoms with Crippen LogP contribution in [0.15, 0.2) is 69.2 Å². The summed E-state index contributed by atoms with van der Waals surface area (Å²) in [4.78, 5) is 0. The smallest absolute Gasteiger partial charge is 0.101 e. The van der Waals surface area contributed by atoms with E-state index < -0.39 is 0 Å². The van der Waals surface area contributed by atoms with Crippen LogP contribution < -0.4 is 0 Å². The van der Waals surface area contributed by atoms with Crippen molar-refractivity contribution in [3.63, 3.8) is 0 Å². The molecule has 1 aliphatic heterocycles. The Kier molecular flexibility index (Phi) is 6.35. The first-order valence-electron chi connectivity index (χ1n) is 7.54. The van der Waals surface area contributed by atoms with Crippen LogP contribution in [0.2, 0.25) is 0 Å². The van der Waals surface area contributed by atoms with Gasteiger partial charge >= 0.3 is 0 Å². The predicted octanol–water partition coefficient (Wildman–Crippen LogP) is 5.21. The van der Waals surface area contributed by atoms with Gasteiger partial charge in [0.2, 0.25) is 0 Å². The Morgan fingerprint density at radius 1 is 0.625 bits per heavy atom. The monoisotopic (exact) mass is 546 g/mol. The van der Waals surface area contributed by atoms with Crippen molar-refractivity contribution in [2.24, 2.45) is 20.7 Å². The SMILES string of the molecule is Ic1ccccc1N=NN1CCN(N=Nc2ccccc2I)CC1. The van der Waals surface area contributed by atoms with Crippen LogP contribution in [0.25, 0.3) is 0 Å². The summed E-state index contributed by atoms with van der Waals surface area (Å²) in [5, 5.41) is 21.3. The standard InChI is InChI=1S/C16H16I2N6/c17-13-5-1-3-7-15(13)19-21-23-9-11-24(12-10-23)22-20-16-8-4-2-6-14(16)18/h1-8H,9-12H2. The molecule has 0 bridgehead atoms. The minimum absolute atomic E-state index is 0.789. The van der Waals surface area contributed by atoms with Crippen LogP contribution in [0.1, 0.15) is 0 Å². The van der Waals surface area contributed by atoms with Gasteiger partial charge in [-0.2, -0.15) is 0 Å². The minimum Gasteiger partial charge on any atom is -0.275 e. The Bertz CT molecular complexity index is 677. The fourth-order valence-corrected chi connectivity index (χ4v) is 3.14. The molecule has 0 aliphatic carbocycles. The number of nitrogens with zero attached hydrogens (tertiary/aromatic N) is 6. The highest BCUT2D eigenvalue weighted by molar-refractivity contribution is 14.1. The molecule has 0 radical (unpaired) electrons. The molecule has 1 saturated heterocycles. The third-order valence-corrected chi connectivity index (χ3v) is 5.32. The molecule has 124 valence electrons. The van der Waals surface area contributed by atoms with E-state index in [9.17, 15) is 0 Å². The first kappa shape index (κ1) is 17.5. The first-order chi connectivity index (χ1) is 11.7. The molecule has 6 nitrogen and oxygen atoms in total. The van der Waals surface area contributed by atoms with Gasteiger partial charge in [-0.05, 0) is 69.4 Å². The molecule has 0 N–H and O–H groups in total. The van der Waals surface area contributed by atoms with Crippen molar-refractivity contribution in [2.45, 2.75) is 0 Å². The molecule has 0 amide bonds. The van der Waals surface area contributed by atoms with Crippen LogP contribution in [0.5, 0.6) is 0 Å². The highest BCUT2D eigenvalue weighted by Gasteiger charge is 2.14. The molecular formula is C16H16I2N6. The van der Waals surface area contributed by atoms with E-state index in [1.165, 1.54) is 0 Å². The summed E-state index contributed by atoms with van der Waals surface area (Å²) in [6.07, 6.45) is 0. The zero-order chi connectivity index (χ0) is 16.8. The Morgan fingerprint density at radius 2 is 1.00 bits per heavy atom. The molecule has 24 heavy (non-hydrogen) atoms. The second-order valence-electron chi connectivity index (χ2n) is 5.19. The van der Waals surface area contributed by atoms with E-state index in [0.717, 1.165) is 44.7 Å². The van der Waals surface area contributed by atoms with Gasteiger partial charge in [0, 0.05) is 7.14 Å². The van der Waals surface area contributed by atoms with Gasteiger partial charge in [0.05, 0.1) is 26.2 Å². The summed E-state index contributed by atoms with van der Waals surface area (Å²) in [6.45, 7) is 3.16. The van der Waals surface area contributed by atoms with E-state index in [0.29, 0.717) is 0 Å². The molecule has 2 aromatic rings. The van der Waals surface area contributed by atoms with Crippen LogP contribution >= 0.6 is 45.2 Å². The quantitative estimate of drug-likeness (QED) is 0.391. The van der Waals surface area contributed by atoms with Crippen molar-refractivity contribution < 1.29 is 0 Å². The summed E-state index contributed by atoms with van der Waals surface area (Å²) in [7, 11) is 0. The van der Waals surface area contributed by atoms with Crippen molar-refractivity contribution in [3.8, 4) is 0 Å². The predicted molar refractivity (Wildman–Crippen MR) is 110 cm³/mol. The average Bonchev–Trinajstić information content (AvgIpc) is 2.61. The lowest BCUT2D eigenvalue weighted by molar-refractivity contribution is 0.126. The molecule has 0 saturated carbocycles. The molecule has 0 spiro atoms. The third-order valence-electron chi connectivity index (χ3n) is 3.50. The van der Waals surface area contributed by atoms with Crippen LogP contribution in [0.4, 0.5) is 11.4 Å². The van der Waals surface area contributed by atoms with Crippen LogP contribution in [0, 0.1) is 7.14 Å². The van der Waals surface area contributed by atoms with Gasteiger partial charge in [-0.25, -0.2) is 0 Å². The lowest BCUT2D eigenvalue weighted by atomic mass is 10.3. The van der Waals surface area contributed by atoms with E-state index >= 15 is 0 Å². The molecule has 0 atom stereocenters. The zero-order valence-corrected chi connectivity index (χ0v) is 17.2. The van der Waals surface area contributed by atoms with Crippen LogP contribution in [0.3, 0.4) is 0 Å². The number of piperazine rings is 1. The normalized spacial score (nSPS) is 15.6. The second-order valence-corrected chi connectivity index (χ2v) is 7.51. The van der Waals surface area contributed by atoms with Crippen LogP contribution in [-0.4, -0.2) is 36.2 Å². The van der Waals surface area contributed by atoms with E-state index in [2.05, 4.69) is 65.9 Å². The minimum atomic E-state index is 0.789. The Balaban J connectivity index is 1.53. The summed E-state index contributed by atoms with van der Waals surface area (Å²) >= 11 is 4.54. The summed E-state index contributed by atoms with van der Waals surface area (Å²) in [5.41, 5.74) is 1.80. The van der Waals surface area contributed by atoms with E-state index in [1.54, 1.807) is 0 Å². The molecule has 3 rings (SSSR count). The number of hydrogen-bond acceptors (Lipinski definition) is 4. The van der Waals surface area contributed by atoms with Crippen molar-refractivity contribution in [2.75, 3.05) is 26.2 Å². The molecule has 1 heterocycles. The highest BCUT2D eigenvalue weighted by Crippen LogP contribution is 2.22. The summed E-state index contributed by atoms with van der Waals surface area (Å²) < 4.78 is 2.20. The maximum atomic E-state index is 4.33. The fourth-order valence-electron chi connectivity index (χ4n) is 2.15. The highest BCUT2D eigenvalue weighted by atomic mass is 127. The van der Waals surface area contributed by atoms with Crippen molar-refractivity contribution in [1.82, 2.24) is 10.0 Å². The van der Waals surface area contributed by atoms with Gasteiger partial charge in [-0.3, -0.25) is 10.0 Å². The third kappa shape index (κ3) is 4.85.